The maximum atomic E-state index is 11.7. The van der Waals surface area contributed by atoms with Crippen LogP contribution in [0.3, 0.4) is 0 Å². The van der Waals surface area contributed by atoms with E-state index in [1.54, 1.807) is 0 Å². The molecule has 2 rings (SSSR count). The van der Waals surface area contributed by atoms with Crippen LogP contribution in [0.5, 0.6) is 0 Å². The second kappa shape index (κ2) is 6.57. The van der Waals surface area contributed by atoms with Crippen LogP contribution in [0.2, 0.25) is 0 Å². The van der Waals surface area contributed by atoms with Crippen molar-refractivity contribution in [2.45, 2.75) is 38.2 Å². The first-order valence-corrected chi connectivity index (χ1v) is 6.94. The molecule has 2 unspecified atom stereocenters. The van der Waals surface area contributed by atoms with Crippen LogP contribution in [-0.4, -0.2) is 23.7 Å². The number of aliphatic hydroxyl groups excluding tert-OH is 1. The Labute approximate surface area is 114 Å². The number of aliphatic hydroxyl groups is 1. The van der Waals surface area contributed by atoms with Gasteiger partial charge in [0.25, 0.3) is 0 Å². The summed E-state index contributed by atoms with van der Waals surface area (Å²) in [6, 6.07) is 7.61. The molecule has 4 nitrogen and oxygen atoms in total. The number of carbonyl (C=O) groups is 1. The van der Waals surface area contributed by atoms with Crippen LogP contribution in [0.15, 0.2) is 24.3 Å². The van der Waals surface area contributed by atoms with Crippen molar-refractivity contribution in [3.63, 3.8) is 0 Å². The second-order valence-electron chi connectivity index (χ2n) is 5.31. The Balaban J connectivity index is 1.70. The molecule has 1 saturated carbocycles. The number of nitrogens with two attached hydrogens (primary N) is 1. The number of benzene rings is 1. The van der Waals surface area contributed by atoms with Gasteiger partial charge >= 0.3 is 0 Å². The zero-order chi connectivity index (χ0) is 13.7. The van der Waals surface area contributed by atoms with E-state index in [-0.39, 0.29) is 17.9 Å². The van der Waals surface area contributed by atoms with Gasteiger partial charge in [0.1, 0.15) is 0 Å². The number of amides is 1. The summed E-state index contributed by atoms with van der Waals surface area (Å²) in [5.41, 5.74) is 7.50. The molecule has 0 heterocycles. The van der Waals surface area contributed by atoms with Gasteiger partial charge in [-0.25, -0.2) is 0 Å². The number of hydrogen-bond acceptors (Lipinski definition) is 3. The van der Waals surface area contributed by atoms with E-state index < -0.39 is 0 Å². The molecule has 2 atom stereocenters. The number of rotatable bonds is 5. The Morgan fingerprint density at radius 2 is 2.26 bits per heavy atom. The average molecular weight is 262 g/mol. The van der Waals surface area contributed by atoms with Gasteiger partial charge in [0.05, 0.1) is 6.10 Å². The predicted octanol–water partition coefficient (Wildman–Crippen LogP) is 1.48. The Kier molecular flexibility index (Phi) is 4.80. The fraction of sp³-hybridized carbons (Fsp3) is 0.533. The molecule has 0 aliphatic heterocycles. The van der Waals surface area contributed by atoms with E-state index in [4.69, 9.17) is 5.73 Å². The highest BCUT2D eigenvalue weighted by atomic mass is 16.3. The zero-order valence-electron chi connectivity index (χ0n) is 11.1. The smallest absolute Gasteiger partial charge is 0.220 e. The maximum Gasteiger partial charge on any atom is 0.220 e. The number of carbonyl (C=O) groups excluding carboxylic acids is 1. The molecule has 0 radical (unpaired) electrons. The van der Waals surface area contributed by atoms with Crippen molar-refractivity contribution in [1.82, 2.24) is 5.32 Å². The highest BCUT2D eigenvalue weighted by molar-refractivity contribution is 5.76. The molecule has 4 N–H and O–H groups in total. The van der Waals surface area contributed by atoms with E-state index in [0.29, 0.717) is 19.4 Å². The van der Waals surface area contributed by atoms with Gasteiger partial charge in [0.15, 0.2) is 0 Å². The molecule has 1 amide bonds. The summed E-state index contributed by atoms with van der Waals surface area (Å²) in [4.78, 5) is 11.7. The number of hydrogen-bond donors (Lipinski definition) is 3. The Morgan fingerprint density at radius 3 is 2.95 bits per heavy atom. The number of anilines is 1. The fourth-order valence-corrected chi connectivity index (χ4v) is 2.60. The topological polar surface area (TPSA) is 75.4 Å². The van der Waals surface area contributed by atoms with E-state index in [0.717, 1.165) is 30.5 Å². The third kappa shape index (κ3) is 4.24. The Hall–Kier alpha value is -1.55. The molecule has 1 aromatic carbocycles. The molecule has 0 aromatic heterocycles. The molecule has 0 spiro atoms. The molecule has 19 heavy (non-hydrogen) atoms. The van der Waals surface area contributed by atoms with Gasteiger partial charge in [-0.3, -0.25) is 4.79 Å². The molecule has 4 heteroatoms. The average Bonchev–Trinajstić information content (AvgIpc) is 2.80. The van der Waals surface area contributed by atoms with Crippen molar-refractivity contribution in [2.24, 2.45) is 5.92 Å². The quantitative estimate of drug-likeness (QED) is 0.704. The summed E-state index contributed by atoms with van der Waals surface area (Å²) < 4.78 is 0. The molecule has 1 aliphatic rings. The van der Waals surface area contributed by atoms with Gasteiger partial charge in [-0.05, 0) is 37.0 Å². The molecule has 1 aromatic rings. The van der Waals surface area contributed by atoms with Crippen LogP contribution in [0.1, 0.15) is 31.2 Å². The largest absolute Gasteiger partial charge is 0.399 e. The van der Waals surface area contributed by atoms with E-state index in [2.05, 4.69) is 5.32 Å². The summed E-state index contributed by atoms with van der Waals surface area (Å²) in [5, 5.41) is 12.6. The van der Waals surface area contributed by atoms with Crippen molar-refractivity contribution >= 4 is 11.6 Å². The standard InChI is InChI=1S/C15H22N2O2/c16-13-5-1-3-11(9-13)7-8-15(19)17-10-12-4-2-6-14(12)18/h1,3,5,9,12,14,18H,2,4,6-8,10,16H2,(H,17,19). The predicted molar refractivity (Wildman–Crippen MR) is 75.5 cm³/mol. The van der Waals surface area contributed by atoms with Crippen LogP contribution in [-0.2, 0) is 11.2 Å². The first-order chi connectivity index (χ1) is 9.15. The molecular formula is C15H22N2O2. The van der Waals surface area contributed by atoms with E-state index in [9.17, 15) is 9.90 Å². The van der Waals surface area contributed by atoms with Gasteiger partial charge in [0.2, 0.25) is 5.91 Å². The lowest BCUT2D eigenvalue weighted by Crippen LogP contribution is -2.32. The van der Waals surface area contributed by atoms with Crippen LogP contribution in [0.4, 0.5) is 5.69 Å². The van der Waals surface area contributed by atoms with E-state index in [1.165, 1.54) is 0 Å². The summed E-state index contributed by atoms with van der Waals surface area (Å²) >= 11 is 0. The molecule has 104 valence electrons. The molecular weight excluding hydrogens is 240 g/mol. The lowest BCUT2D eigenvalue weighted by Gasteiger charge is -2.15. The molecule has 0 bridgehead atoms. The van der Waals surface area contributed by atoms with Crippen LogP contribution in [0, 0.1) is 5.92 Å². The van der Waals surface area contributed by atoms with Crippen molar-refractivity contribution < 1.29 is 9.90 Å². The monoisotopic (exact) mass is 262 g/mol. The third-order valence-electron chi connectivity index (χ3n) is 3.77. The normalized spacial score (nSPS) is 22.4. The molecule has 1 aliphatic carbocycles. The van der Waals surface area contributed by atoms with E-state index >= 15 is 0 Å². The highest BCUT2D eigenvalue weighted by Gasteiger charge is 2.25. The van der Waals surface area contributed by atoms with Gasteiger partial charge < -0.3 is 16.2 Å². The van der Waals surface area contributed by atoms with Gasteiger partial charge in [0, 0.05) is 24.6 Å². The second-order valence-corrected chi connectivity index (χ2v) is 5.31. The summed E-state index contributed by atoms with van der Waals surface area (Å²) in [7, 11) is 0. The van der Waals surface area contributed by atoms with Crippen molar-refractivity contribution in [2.75, 3.05) is 12.3 Å². The van der Waals surface area contributed by atoms with Crippen LogP contribution in [0.25, 0.3) is 0 Å². The number of aryl methyl sites for hydroxylation is 1. The summed E-state index contributed by atoms with van der Waals surface area (Å²) in [6.07, 6.45) is 3.86. The van der Waals surface area contributed by atoms with Crippen molar-refractivity contribution in [3.05, 3.63) is 29.8 Å². The lowest BCUT2D eigenvalue weighted by atomic mass is 10.1. The maximum absolute atomic E-state index is 11.7. The highest BCUT2D eigenvalue weighted by Crippen LogP contribution is 2.24. The minimum Gasteiger partial charge on any atom is -0.399 e. The molecule has 0 saturated heterocycles. The van der Waals surface area contributed by atoms with E-state index in [1.807, 2.05) is 24.3 Å². The fourth-order valence-electron chi connectivity index (χ4n) is 2.60. The zero-order valence-corrected chi connectivity index (χ0v) is 11.1. The lowest BCUT2D eigenvalue weighted by molar-refractivity contribution is -0.121. The van der Waals surface area contributed by atoms with Gasteiger partial charge in [-0.15, -0.1) is 0 Å². The summed E-state index contributed by atoms with van der Waals surface area (Å²) in [5.74, 6) is 0.276. The van der Waals surface area contributed by atoms with Gasteiger partial charge in [-0.2, -0.15) is 0 Å². The Bertz CT molecular complexity index is 434. The van der Waals surface area contributed by atoms with Gasteiger partial charge in [-0.1, -0.05) is 18.6 Å². The first-order valence-electron chi connectivity index (χ1n) is 6.94. The minimum atomic E-state index is -0.241. The summed E-state index contributed by atoms with van der Waals surface area (Å²) in [6.45, 7) is 0.594. The third-order valence-corrected chi connectivity index (χ3v) is 3.77. The van der Waals surface area contributed by atoms with Crippen molar-refractivity contribution in [3.8, 4) is 0 Å². The minimum absolute atomic E-state index is 0.0431. The van der Waals surface area contributed by atoms with Crippen molar-refractivity contribution in [1.29, 1.82) is 0 Å². The number of nitrogen functional groups attached to an aromatic ring is 1. The molecule has 1 fully saturated rings. The van der Waals surface area contributed by atoms with Crippen LogP contribution < -0.4 is 11.1 Å². The van der Waals surface area contributed by atoms with Crippen LogP contribution >= 0.6 is 0 Å². The number of nitrogens with one attached hydrogen (secondary N) is 1. The SMILES string of the molecule is Nc1cccc(CCC(=O)NCC2CCCC2O)c1. The first kappa shape index (κ1) is 13.9. The Morgan fingerprint density at radius 1 is 1.42 bits per heavy atom.